The van der Waals surface area contributed by atoms with E-state index in [1.54, 1.807) is 0 Å². The van der Waals surface area contributed by atoms with Gasteiger partial charge in [0.25, 0.3) is 0 Å². The van der Waals surface area contributed by atoms with Gasteiger partial charge in [0.15, 0.2) is 0 Å². The van der Waals surface area contributed by atoms with Crippen LogP contribution in [0.4, 0.5) is 0 Å². The molecule has 2 aliphatic rings. The summed E-state index contributed by atoms with van der Waals surface area (Å²) in [6, 6.07) is 0. The van der Waals surface area contributed by atoms with Crippen LogP contribution in [0.1, 0.15) is 0 Å². The molecule has 2 heterocycles. The summed E-state index contributed by atoms with van der Waals surface area (Å²) in [6.07, 6.45) is 0.739. The smallest absolute Gasteiger partial charge is 0.133 e. The molecule has 0 bridgehead atoms. The Labute approximate surface area is 47.4 Å². The molecule has 4 nitrogen and oxygen atoms in total. The summed E-state index contributed by atoms with van der Waals surface area (Å²) in [5.41, 5.74) is 5.41. The molecule has 0 amide bonds. The van der Waals surface area contributed by atoms with E-state index < -0.39 is 0 Å². The predicted molar refractivity (Wildman–Crippen MR) is 27.8 cm³/mol. The summed E-state index contributed by atoms with van der Waals surface area (Å²) in [5, 5.41) is 6.11. The van der Waals surface area contributed by atoms with Crippen LogP contribution >= 0.6 is 0 Å². The molecule has 4 heteroatoms. The van der Waals surface area contributed by atoms with Gasteiger partial charge in [-0.2, -0.15) is 0 Å². The molecule has 0 radical (unpaired) electrons. The van der Waals surface area contributed by atoms with E-state index in [9.17, 15) is 0 Å². The van der Waals surface area contributed by atoms with Gasteiger partial charge >= 0.3 is 0 Å². The molecule has 4 N–H and O–H groups in total. The van der Waals surface area contributed by atoms with Gasteiger partial charge in [-0.1, -0.05) is 0 Å². The van der Waals surface area contributed by atoms with Gasteiger partial charge in [0.05, 0.1) is 18.9 Å². The third-order valence-corrected chi connectivity index (χ3v) is 1.32. The molecule has 0 aromatic rings. The molecule has 2 rings (SSSR count). The maximum absolute atomic E-state index is 5.41. The molecule has 2 fully saturated rings. The second kappa shape index (κ2) is 1.41. The summed E-state index contributed by atoms with van der Waals surface area (Å²) in [7, 11) is 0. The van der Waals surface area contributed by atoms with Crippen molar-refractivity contribution in [3.63, 3.8) is 0 Å². The maximum atomic E-state index is 5.41. The Morgan fingerprint density at radius 2 is 2.38 bits per heavy atom. The Balaban J connectivity index is 1.69. The fourth-order valence-corrected chi connectivity index (χ4v) is 0.648. The number of ether oxygens (including phenoxy) is 1. The Bertz CT molecular complexity index is 103. The maximum Gasteiger partial charge on any atom is 0.133 e. The van der Waals surface area contributed by atoms with E-state index in [0.29, 0.717) is 6.17 Å². The van der Waals surface area contributed by atoms with Crippen molar-refractivity contribution < 1.29 is 4.74 Å². The zero-order valence-electron chi connectivity index (χ0n) is 4.42. The first-order chi connectivity index (χ1) is 3.86. The number of hydrogen-bond donors (Lipinski definition) is 3. The lowest BCUT2D eigenvalue weighted by Gasteiger charge is -1.90. The number of hydrogen-bond acceptors (Lipinski definition) is 4. The summed E-state index contributed by atoms with van der Waals surface area (Å²) >= 11 is 0. The molecule has 3 atom stereocenters. The first kappa shape index (κ1) is 4.69. The van der Waals surface area contributed by atoms with E-state index in [1.165, 1.54) is 0 Å². The SMILES string of the molecule is NC1NC1NC1CO1. The minimum absolute atomic E-state index is 0.152. The number of nitrogens with two attached hydrogens (primary N) is 1. The van der Waals surface area contributed by atoms with Gasteiger partial charge in [0.1, 0.15) is 6.23 Å². The average Bonchev–Trinajstić information content (AvgIpc) is 2.52. The molecule has 8 heavy (non-hydrogen) atoms. The van der Waals surface area contributed by atoms with Crippen LogP contribution in [0.25, 0.3) is 0 Å². The van der Waals surface area contributed by atoms with Gasteiger partial charge < -0.3 is 10.5 Å². The minimum Gasteiger partial charge on any atom is -0.357 e. The zero-order valence-corrected chi connectivity index (χ0v) is 4.42. The molecule has 2 aliphatic heterocycles. The third-order valence-electron chi connectivity index (χ3n) is 1.32. The summed E-state index contributed by atoms with van der Waals surface area (Å²) < 4.78 is 4.90. The van der Waals surface area contributed by atoms with Crippen molar-refractivity contribution in [1.82, 2.24) is 10.6 Å². The van der Waals surface area contributed by atoms with E-state index in [1.807, 2.05) is 0 Å². The molecule has 0 spiro atoms. The molecule has 3 unspecified atom stereocenters. The monoisotopic (exact) mass is 115 g/mol. The lowest BCUT2D eigenvalue weighted by molar-refractivity contribution is 0.365. The first-order valence-electron chi connectivity index (χ1n) is 2.75. The summed E-state index contributed by atoms with van der Waals surface area (Å²) in [6.45, 7) is 0.838. The van der Waals surface area contributed by atoms with Gasteiger partial charge in [0, 0.05) is 0 Å². The van der Waals surface area contributed by atoms with Gasteiger partial charge in [0.2, 0.25) is 0 Å². The van der Waals surface area contributed by atoms with Crippen molar-refractivity contribution in [2.75, 3.05) is 6.61 Å². The number of rotatable bonds is 2. The lowest BCUT2D eigenvalue weighted by atomic mass is 10.6. The van der Waals surface area contributed by atoms with Crippen LogP contribution in [-0.4, -0.2) is 25.2 Å². The van der Waals surface area contributed by atoms with Crippen LogP contribution in [0.3, 0.4) is 0 Å². The van der Waals surface area contributed by atoms with Crippen molar-refractivity contribution in [3.8, 4) is 0 Å². The van der Waals surface area contributed by atoms with E-state index in [0.717, 1.165) is 6.61 Å². The quantitative estimate of drug-likeness (QED) is 0.369. The van der Waals surface area contributed by atoms with Crippen molar-refractivity contribution in [2.45, 2.75) is 18.6 Å². The Kier molecular flexibility index (Phi) is 0.830. The molecular weight excluding hydrogens is 106 g/mol. The van der Waals surface area contributed by atoms with E-state index in [2.05, 4.69) is 10.6 Å². The highest BCUT2D eigenvalue weighted by Gasteiger charge is 2.37. The molecule has 0 aromatic carbocycles. The lowest BCUT2D eigenvalue weighted by Crippen LogP contribution is -2.26. The standard InChI is InChI=1S/C4H9N3O/c5-3-4(7-3)6-2-1-8-2/h2-4,6-7H,1,5H2. The topological polar surface area (TPSA) is 72.5 Å². The Morgan fingerprint density at radius 1 is 1.75 bits per heavy atom. The minimum atomic E-state index is 0.152. The molecule has 0 aliphatic carbocycles. The fourth-order valence-electron chi connectivity index (χ4n) is 0.648. The summed E-state index contributed by atoms with van der Waals surface area (Å²) in [4.78, 5) is 0. The number of nitrogens with one attached hydrogen (secondary N) is 2. The van der Waals surface area contributed by atoms with Crippen molar-refractivity contribution in [2.24, 2.45) is 5.73 Å². The second-order valence-electron chi connectivity index (χ2n) is 2.16. The van der Waals surface area contributed by atoms with E-state index in [4.69, 9.17) is 10.5 Å². The van der Waals surface area contributed by atoms with Crippen LogP contribution < -0.4 is 16.4 Å². The van der Waals surface area contributed by atoms with Gasteiger partial charge in [-0.15, -0.1) is 0 Å². The van der Waals surface area contributed by atoms with Crippen LogP contribution in [0.2, 0.25) is 0 Å². The molecule has 46 valence electrons. The van der Waals surface area contributed by atoms with Crippen molar-refractivity contribution in [3.05, 3.63) is 0 Å². The van der Waals surface area contributed by atoms with Crippen LogP contribution in [0, 0.1) is 0 Å². The van der Waals surface area contributed by atoms with Gasteiger partial charge in [-0.05, 0) is 0 Å². The molecule has 0 aromatic heterocycles. The van der Waals surface area contributed by atoms with Gasteiger partial charge in [-0.3, -0.25) is 10.6 Å². The van der Waals surface area contributed by atoms with Crippen molar-refractivity contribution in [1.29, 1.82) is 0 Å². The van der Waals surface area contributed by atoms with Gasteiger partial charge in [-0.25, -0.2) is 0 Å². The highest BCUT2D eigenvalue weighted by atomic mass is 16.6. The second-order valence-corrected chi connectivity index (χ2v) is 2.16. The largest absolute Gasteiger partial charge is 0.357 e. The zero-order chi connectivity index (χ0) is 5.56. The fraction of sp³-hybridized carbons (Fsp3) is 1.00. The van der Waals surface area contributed by atoms with E-state index in [-0.39, 0.29) is 12.4 Å². The number of epoxide rings is 1. The highest BCUT2D eigenvalue weighted by molar-refractivity contribution is 4.92. The molecule has 2 saturated heterocycles. The molecular formula is C4H9N3O. The molecule has 0 saturated carbocycles. The third kappa shape index (κ3) is 0.830. The Morgan fingerprint density at radius 3 is 2.75 bits per heavy atom. The Hall–Kier alpha value is -0.160. The predicted octanol–water partition coefficient (Wildman–Crippen LogP) is -1.85. The highest BCUT2D eigenvalue weighted by Crippen LogP contribution is 2.09. The van der Waals surface area contributed by atoms with Crippen LogP contribution in [0.5, 0.6) is 0 Å². The average molecular weight is 115 g/mol. The first-order valence-corrected chi connectivity index (χ1v) is 2.75. The van der Waals surface area contributed by atoms with Crippen molar-refractivity contribution >= 4 is 0 Å². The normalized spacial score (nSPS) is 51.4. The van der Waals surface area contributed by atoms with Crippen LogP contribution in [-0.2, 0) is 4.74 Å². The van der Waals surface area contributed by atoms with Crippen LogP contribution in [0.15, 0.2) is 0 Å². The van der Waals surface area contributed by atoms with E-state index >= 15 is 0 Å². The summed E-state index contributed by atoms with van der Waals surface area (Å²) in [5.74, 6) is 0.